The second-order valence-electron chi connectivity index (χ2n) is 4.38. The molecule has 2 aromatic rings. The summed E-state index contributed by atoms with van der Waals surface area (Å²) in [5.74, 6) is 0. The monoisotopic (exact) mass is 248 g/mol. The Bertz CT molecular complexity index is 523. The zero-order valence-corrected chi connectivity index (χ0v) is 10.8. The highest BCUT2D eigenvalue weighted by Crippen LogP contribution is 2.22. The largest absolute Gasteiger partial charge is 0.330 e. The molecule has 1 aromatic heterocycles. The van der Waals surface area contributed by atoms with Crippen molar-refractivity contribution < 1.29 is 0 Å². The molecule has 2 rings (SSSR count). The van der Waals surface area contributed by atoms with Gasteiger partial charge in [-0.25, -0.2) is 4.98 Å². The summed E-state index contributed by atoms with van der Waals surface area (Å²) in [6.45, 7) is 2.79. The molecule has 17 heavy (non-hydrogen) atoms. The van der Waals surface area contributed by atoms with Gasteiger partial charge in [-0.1, -0.05) is 23.7 Å². The standard InChI is InChI=1S/C14H17ClN2/c1-10-5-6-11-9-12(4-2-3-7-16)14(15)17-13(11)8-10/h5-6,8-9H,2-4,7,16H2,1H3. The number of halogens is 1. The maximum Gasteiger partial charge on any atom is 0.132 e. The van der Waals surface area contributed by atoms with Crippen LogP contribution in [0.1, 0.15) is 24.0 Å². The molecule has 0 fully saturated rings. The summed E-state index contributed by atoms with van der Waals surface area (Å²) >= 11 is 6.19. The van der Waals surface area contributed by atoms with E-state index in [9.17, 15) is 0 Å². The molecule has 0 unspecified atom stereocenters. The molecule has 0 radical (unpaired) electrons. The van der Waals surface area contributed by atoms with Gasteiger partial charge in [-0.2, -0.15) is 0 Å². The first-order valence-corrected chi connectivity index (χ1v) is 6.34. The highest BCUT2D eigenvalue weighted by Gasteiger charge is 2.04. The van der Waals surface area contributed by atoms with E-state index in [0.29, 0.717) is 5.15 Å². The first-order valence-electron chi connectivity index (χ1n) is 5.96. The number of nitrogens with two attached hydrogens (primary N) is 1. The minimum Gasteiger partial charge on any atom is -0.330 e. The van der Waals surface area contributed by atoms with Crippen LogP contribution < -0.4 is 5.73 Å². The third-order valence-electron chi connectivity index (χ3n) is 2.90. The van der Waals surface area contributed by atoms with Crippen LogP contribution in [0, 0.1) is 6.92 Å². The molecule has 2 N–H and O–H groups in total. The maximum atomic E-state index is 6.19. The van der Waals surface area contributed by atoms with Crippen LogP contribution in [-0.4, -0.2) is 11.5 Å². The van der Waals surface area contributed by atoms with Gasteiger partial charge in [0, 0.05) is 5.39 Å². The van der Waals surface area contributed by atoms with Crippen molar-refractivity contribution in [1.29, 1.82) is 0 Å². The molecule has 0 aliphatic heterocycles. The Labute approximate surface area is 107 Å². The van der Waals surface area contributed by atoms with Crippen molar-refractivity contribution in [2.45, 2.75) is 26.2 Å². The fourth-order valence-corrected chi connectivity index (χ4v) is 2.17. The van der Waals surface area contributed by atoms with Crippen molar-refractivity contribution in [3.63, 3.8) is 0 Å². The van der Waals surface area contributed by atoms with Gasteiger partial charge >= 0.3 is 0 Å². The number of aromatic nitrogens is 1. The molecule has 1 aromatic carbocycles. The number of benzene rings is 1. The summed E-state index contributed by atoms with van der Waals surface area (Å²) in [7, 11) is 0. The summed E-state index contributed by atoms with van der Waals surface area (Å²) in [4.78, 5) is 4.45. The Morgan fingerprint density at radius 3 is 2.82 bits per heavy atom. The SMILES string of the molecule is Cc1ccc2cc(CCCCN)c(Cl)nc2c1. The van der Waals surface area contributed by atoms with Crippen LogP contribution in [0.25, 0.3) is 10.9 Å². The second kappa shape index (κ2) is 5.48. The normalized spacial score (nSPS) is 11.0. The van der Waals surface area contributed by atoms with Crippen LogP contribution in [0.5, 0.6) is 0 Å². The van der Waals surface area contributed by atoms with Crippen molar-refractivity contribution in [3.05, 3.63) is 40.5 Å². The van der Waals surface area contributed by atoms with E-state index in [4.69, 9.17) is 17.3 Å². The Balaban J connectivity index is 2.31. The maximum absolute atomic E-state index is 6.19. The molecular formula is C14H17ClN2. The second-order valence-corrected chi connectivity index (χ2v) is 4.74. The zero-order chi connectivity index (χ0) is 12.3. The van der Waals surface area contributed by atoms with Crippen LogP contribution in [0.2, 0.25) is 5.15 Å². The highest BCUT2D eigenvalue weighted by molar-refractivity contribution is 6.30. The number of nitrogens with zero attached hydrogens (tertiary/aromatic N) is 1. The fraction of sp³-hybridized carbons (Fsp3) is 0.357. The van der Waals surface area contributed by atoms with E-state index in [1.165, 1.54) is 5.56 Å². The van der Waals surface area contributed by atoms with Crippen LogP contribution in [0.15, 0.2) is 24.3 Å². The molecule has 0 aliphatic rings. The lowest BCUT2D eigenvalue weighted by Crippen LogP contribution is -1.99. The average molecular weight is 249 g/mol. The lowest BCUT2D eigenvalue weighted by atomic mass is 10.1. The molecule has 0 spiro atoms. The number of hydrogen-bond donors (Lipinski definition) is 1. The topological polar surface area (TPSA) is 38.9 Å². The first kappa shape index (κ1) is 12.3. The minimum absolute atomic E-state index is 0.625. The zero-order valence-electron chi connectivity index (χ0n) is 10.0. The Morgan fingerprint density at radius 1 is 1.24 bits per heavy atom. The van der Waals surface area contributed by atoms with Gasteiger partial charge in [-0.3, -0.25) is 0 Å². The molecule has 0 saturated heterocycles. The third kappa shape index (κ3) is 2.96. The smallest absolute Gasteiger partial charge is 0.132 e. The van der Waals surface area contributed by atoms with Crippen molar-refractivity contribution >= 4 is 22.5 Å². The van der Waals surface area contributed by atoms with E-state index < -0.39 is 0 Å². The van der Waals surface area contributed by atoms with E-state index in [1.54, 1.807) is 0 Å². The number of pyridine rings is 1. The number of rotatable bonds is 4. The van der Waals surface area contributed by atoms with Crippen molar-refractivity contribution in [2.24, 2.45) is 5.73 Å². The summed E-state index contributed by atoms with van der Waals surface area (Å²) < 4.78 is 0. The van der Waals surface area contributed by atoms with E-state index in [1.807, 2.05) is 0 Å². The van der Waals surface area contributed by atoms with E-state index >= 15 is 0 Å². The third-order valence-corrected chi connectivity index (χ3v) is 3.23. The van der Waals surface area contributed by atoms with Gasteiger partial charge in [0.15, 0.2) is 0 Å². The molecule has 0 saturated carbocycles. The lowest BCUT2D eigenvalue weighted by Gasteiger charge is -2.06. The van der Waals surface area contributed by atoms with Gasteiger partial charge in [0.2, 0.25) is 0 Å². The molecular weight excluding hydrogens is 232 g/mol. The van der Waals surface area contributed by atoms with E-state index in [-0.39, 0.29) is 0 Å². The molecule has 3 heteroatoms. The number of fused-ring (bicyclic) bond motifs is 1. The van der Waals surface area contributed by atoms with Crippen molar-refractivity contribution in [2.75, 3.05) is 6.54 Å². The Kier molecular flexibility index (Phi) is 3.97. The Morgan fingerprint density at radius 2 is 2.06 bits per heavy atom. The number of aryl methyl sites for hydroxylation is 2. The molecule has 0 atom stereocenters. The lowest BCUT2D eigenvalue weighted by molar-refractivity contribution is 0.744. The molecule has 0 amide bonds. The minimum atomic E-state index is 0.625. The number of hydrogen-bond acceptors (Lipinski definition) is 2. The van der Waals surface area contributed by atoms with Gasteiger partial charge in [0.05, 0.1) is 5.52 Å². The van der Waals surface area contributed by atoms with Gasteiger partial charge in [0.25, 0.3) is 0 Å². The van der Waals surface area contributed by atoms with Gasteiger partial charge < -0.3 is 5.73 Å². The van der Waals surface area contributed by atoms with E-state index in [0.717, 1.165) is 42.3 Å². The molecule has 0 aliphatic carbocycles. The first-order chi connectivity index (χ1) is 8.20. The summed E-state index contributed by atoms with van der Waals surface area (Å²) in [5, 5.41) is 1.78. The van der Waals surface area contributed by atoms with Crippen molar-refractivity contribution in [3.8, 4) is 0 Å². The summed E-state index contributed by atoms with van der Waals surface area (Å²) in [6, 6.07) is 8.40. The summed E-state index contributed by atoms with van der Waals surface area (Å²) in [6.07, 6.45) is 3.05. The van der Waals surface area contributed by atoms with Crippen LogP contribution in [-0.2, 0) is 6.42 Å². The van der Waals surface area contributed by atoms with Gasteiger partial charge in [0.1, 0.15) is 5.15 Å². The Hall–Kier alpha value is -1.12. The van der Waals surface area contributed by atoms with Crippen molar-refractivity contribution in [1.82, 2.24) is 4.98 Å². The van der Waals surface area contributed by atoms with E-state index in [2.05, 4.69) is 36.2 Å². The summed E-state index contributed by atoms with van der Waals surface area (Å²) in [5.41, 5.74) is 8.79. The average Bonchev–Trinajstić information content (AvgIpc) is 2.30. The molecule has 0 bridgehead atoms. The van der Waals surface area contributed by atoms with Gasteiger partial charge in [-0.15, -0.1) is 0 Å². The van der Waals surface area contributed by atoms with Crippen LogP contribution in [0.4, 0.5) is 0 Å². The predicted molar refractivity (Wildman–Crippen MR) is 73.5 cm³/mol. The highest BCUT2D eigenvalue weighted by atomic mass is 35.5. The fourth-order valence-electron chi connectivity index (χ4n) is 1.93. The van der Waals surface area contributed by atoms with Crippen LogP contribution >= 0.6 is 11.6 Å². The van der Waals surface area contributed by atoms with Gasteiger partial charge in [-0.05, 0) is 56.0 Å². The molecule has 1 heterocycles. The predicted octanol–water partition coefficient (Wildman–Crippen LogP) is 3.48. The van der Waals surface area contributed by atoms with Crippen LogP contribution in [0.3, 0.4) is 0 Å². The number of unbranched alkanes of at least 4 members (excludes halogenated alkanes) is 1. The quantitative estimate of drug-likeness (QED) is 0.665. The molecule has 90 valence electrons. The molecule has 2 nitrogen and oxygen atoms in total.